The Morgan fingerprint density at radius 1 is 1.00 bits per heavy atom. The molecule has 0 fully saturated rings. The number of ether oxygens (including phenoxy) is 1. The lowest BCUT2D eigenvalue weighted by Crippen LogP contribution is -1.95. The molecule has 0 saturated heterocycles. The third-order valence-corrected chi connectivity index (χ3v) is 4.82. The van der Waals surface area contributed by atoms with Gasteiger partial charge in [0, 0.05) is 10.9 Å². The fraction of sp³-hybridized carbons (Fsp3) is 0. The lowest BCUT2D eigenvalue weighted by Gasteiger charge is -2.19. The Bertz CT molecular complexity index is 798. The summed E-state index contributed by atoms with van der Waals surface area (Å²) in [6.07, 6.45) is 0. The van der Waals surface area contributed by atoms with Crippen LogP contribution in [0.2, 0.25) is 0 Å². The van der Waals surface area contributed by atoms with E-state index in [1.54, 1.807) is 11.8 Å². The van der Waals surface area contributed by atoms with E-state index in [-0.39, 0.29) is 0 Å². The first kappa shape index (κ1) is 11.8. The van der Waals surface area contributed by atoms with Gasteiger partial charge in [0.05, 0.1) is 15.5 Å². The zero-order valence-electron chi connectivity index (χ0n) is 10.4. The second-order valence-electron chi connectivity index (χ2n) is 4.38. The molecule has 0 amide bonds. The molecule has 2 N–H and O–H groups in total. The van der Waals surface area contributed by atoms with Crippen LogP contribution >= 0.6 is 23.1 Å². The molecule has 1 aromatic heterocycles. The number of hydrogen-bond donors (Lipinski definition) is 1. The van der Waals surface area contributed by atoms with E-state index in [0.29, 0.717) is 5.13 Å². The maximum absolute atomic E-state index is 5.91. The predicted octanol–water partition coefficient (Wildman–Crippen LogP) is 4.65. The van der Waals surface area contributed by atoms with E-state index >= 15 is 0 Å². The highest BCUT2D eigenvalue weighted by Crippen LogP contribution is 2.47. The summed E-state index contributed by atoms with van der Waals surface area (Å²) < 4.78 is 5.91. The molecule has 0 saturated carbocycles. The van der Waals surface area contributed by atoms with Crippen molar-refractivity contribution in [3.05, 3.63) is 47.8 Å². The number of anilines is 1. The minimum atomic E-state index is 0.590. The van der Waals surface area contributed by atoms with Gasteiger partial charge >= 0.3 is 0 Å². The monoisotopic (exact) mass is 298 g/mol. The van der Waals surface area contributed by atoms with Crippen molar-refractivity contribution in [3.63, 3.8) is 0 Å². The van der Waals surface area contributed by atoms with Gasteiger partial charge < -0.3 is 10.5 Å². The molecule has 5 heteroatoms. The average Bonchev–Trinajstić information content (AvgIpc) is 2.91. The third kappa shape index (κ3) is 1.95. The second kappa shape index (κ2) is 4.54. The topological polar surface area (TPSA) is 48.1 Å². The maximum Gasteiger partial charge on any atom is 0.180 e. The van der Waals surface area contributed by atoms with Gasteiger partial charge in [0.1, 0.15) is 11.5 Å². The zero-order chi connectivity index (χ0) is 13.5. The molecule has 0 spiro atoms. The summed E-state index contributed by atoms with van der Waals surface area (Å²) in [4.78, 5) is 6.56. The molecule has 3 aromatic rings. The molecule has 0 radical (unpaired) electrons. The Hall–Kier alpha value is -1.98. The summed E-state index contributed by atoms with van der Waals surface area (Å²) in [5, 5.41) is 2.56. The van der Waals surface area contributed by atoms with Crippen LogP contribution in [0.15, 0.2) is 57.6 Å². The molecular weight excluding hydrogens is 288 g/mol. The Morgan fingerprint density at radius 3 is 2.70 bits per heavy atom. The number of para-hydroxylation sites is 1. The number of nitrogens with two attached hydrogens (primary N) is 1. The number of fused-ring (bicyclic) bond motifs is 2. The van der Waals surface area contributed by atoms with Gasteiger partial charge in [0.15, 0.2) is 5.13 Å². The summed E-state index contributed by atoms with van der Waals surface area (Å²) in [5.74, 6) is 1.80. The SMILES string of the molecule is Nc1nc(-c2ccc3c(c2)Sc2ccccc2O3)cs1. The lowest BCUT2D eigenvalue weighted by atomic mass is 10.1. The number of nitrogens with zero attached hydrogens (tertiary/aromatic N) is 1. The van der Waals surface area contributed by atoms with Crippen LogP contribution in [0.25, 0.3) is 11.3 Å². The van der Waals surface area contributed by atoms with Crippen LogP contribution in [0, 0.1) is 0 Å². The standard InChI is InChI=1S/C15H10N2OS2/c16-15-17-10(8-19-15)9-5-6-12-14(7-9)20-13-4-2-1-3-11(13)18-12/h1-8H,(H2,16,17). The molecule has 3 nitrogen and oxygen atoms in total. The van der Waals surface area contributed by atoms with Crippen LogP contribution in [-0.4, -0.2) is 4.98 Å². The highest BCUT2D eigenvalue weighted by atomic mass is 32.2. The number of hydrogen-bond acceptors (Lipinski definition) is 5. The van der Waals surface area contributed by atoms with E-state index in [0.717, 1.165) is 32.5 Å². The van der Waals surface area contributed by atoms with Crippen LogP contribution < -0.4 is 10.5 Å². The maximum atomic E-state index is 5.91. The van der Waals surface area contributed by atoms with E-state index < -0.39 is 0 Å². The molecule has 20 heavy (non-hydrogen) atoms. The van der Waals surface area contributed by atoms with Crippen molar-refractivity contribution < 1.29 is 4.74 Å². The molecule has 1 aliphatic heterocycles. The van der Waals surface area contributed by atoms with Gasteiger partial charge in [-0.1, -0.05) is 23.9 Å². The molecule has 0 bridgehead atoms. The quantitative estimate of drug-likeness (QED) is 0.555. The fourth-order valence-electron chi connectivity index (χ4n) is 2.11. The molecule has 98 valence electrons. The summed E-state index contributed by atoms with van der Waals surface area (Å²) in [7, 11) is 0. The van der Waals surface area contributed by atoms with Crippen LogP contribution in [0.5, 0.6) is 11.5 Å². The van der Waals surface area contributed by atoms with Crippen molar-refractivity contribution in [1.29, 1.82) is 0 Å². The molecule has 0 atom stereocenters. The second-order valence-corrected chi connectivity index (χ2v) is 6.36. The van der Waals surface area contributed by atoms with Crippen LogP contribution in [0.3, 0.4) is 0 Å². The molecule has 0 aliphatic carbocycles. The van der Waals surface area contributed by atoms with Gasteiger partial charge in [0.2, 0.25) is 0 Å². The molecule has 2 aromatic carbocycles. The fourth-order valence-corrected chi connectivity index (χ4v) is 3.67. The number of aromatic nitrogens is 1. The Balaban J connectivity index is 1.76. The van der Waals surface area contributed by atoms with Crippen molar-refractivity contribution in [1.82, 2.24) is 4.98 Å². The number of benzene rings is 2. The van der Waals surface area contributed by atoms with E-state index in [2.05, 4.69) is 17.1 Å². The zero-order valence-corrected chi connectivity index (χ0v) is 12.0. The summed E-state index contributed by atoms with van der Waals surface area (Å²) >= 11 is 3.17. The van der Waals surface area contributed by atoms with Gasteiger partial charge in [-0.15, -0.1) is 11.3 Å². The normalized spacial score (nSPS) is 12.4. The van der Waals surface area contributed by atoms with Crippen molar-refractivity contribution in [3.8, 4) is 22.8 Å². The van der Waals surface area contributed by atoms with Crippen molar-refractivity contribution in [2.24, 2.45) is 0 Å². The highest BCUT2D eigenvalue weighted by Gasteiger charge is 2.18. The summed E-state index contributed by atoms with van der Waals surface area (Å²) in [5.41, 5.74) is 7.67. The van der Waals surface area contributed by atoms with Gasteiger partial charge in [0.25, 0.3) is 0 Å². The van der Waals surface area contributed by atoms with Gasteiger partial charge in [-0.3, -0.25) is 0 Å². The largest absolute Gasteiger partial charge is 0.455 e. The van der Waals surface area contributed by atoms with Crippen molar-refractivity contribution >= 4 is 28.2 Å². The number of rotatable bonds is 1. The molecular formula is C15H10N2OS2. The smallest absolute Gasteiger partial charge is 0.180 e. The average molecular weight is 298 g/mol. The van der Waals surface area contributed by atoms with E-state index in [9.17, 15) is 0 Å². The minimum Gasteiger partial charge on any atom is -0.455 e. The lowest BCUT2D eigenvalue weighted by molar-refractivity contribution is 0.454. The Kier molecular flexibility index (Phi) is 2.68. The number of thiazole rings is 1. The van der Waals surface area contributed by atoms with Crippen molar-refractivity contribution in [2.75, 3.05) is 5.73 Å². The molecule has 0 unspecified atom stereocenters. The molecule has 4 rings (SSSR count). The Labute approximate surface area is 124 Å². The summed E-state index contributed by atoms with van der Waals surface area (Å²) in [6, 6.07) is 14.2. The first-order chi connectivity index (χ1) is 9.79. The first-order valence-electron chi connectivity index (χ1n) is 6.10. The van der Waals surface area contributed by atoms with Gasteiger partial charge in [-0.05, 0) is 30.3 Å². The molecule has 2 heterocycles. The predicted molar refractivity (Wildman–Crippen MR) is 82.6 cm³/mol. The van der Waals surface area contributed by atoms with Crippen LogP contribution in [0.4, 0.5) is 5.13 Å². The van der Waals surface area contributed by atoms with Crippen LogP contribution in [0.1, 0.15) is 0 Å². The third-order valence-electron chi connectivity index (χ3n) is 3.05. The first-order valence-corrected chi connectivity index (χ1v) is 7.79. The van der Waals surface area contributed by atoms with E-state index in [1.165, 1.54) is 11.3 Å². The minimum absolute atomic E-state index is 0.590. The molecule has 1 aliphatic rings. The van der Waals surface area contributed by atoms with Gasteiger partial charge in [-0.2, -0.15) is 0 Å². The van der Waals surface area contributed by atoms with Crippen molar-refractivity contribution in [2.45, 2.75) is 9.79 Å². The Morgan fingerprint density at radius 2 is 1.85 bits per heavy atom. The summed E-state index contributed by atoms with van der Waals surface area (Å²) in [6.45, 7) is 0. The highest BCUT2D eigenvalue weighted by molar-refractivity contribution is 7.99. The number of nitrogen functional groups attached to an aromatic ring is 1. The van der Waals surface area contributed by atoms with E-state index in [4.69, 9.17) is 10.5 Å². The van der Waals surface area contributed by atoms with Gasteiger partial charge in [-0.25, -0.2) is 4.98 Å². The van der Waals surface area contributed by atoms with E-state index in [1.807, 2.05) is 35.7 Å². The van der Waals surface area contributed by atoms with Crippen LogP contribution in [-0.2, 0) is 0 Å².